The van der Waals surface area contributed by atoms with E-state index in [0.29, 0.717) is 11.3 Å². The SMILES string of the molecule is O=C(NCc1ccccn1)C(=O)[C@@H](Cc1ccccc1)NC(=O)[C@@H]1CC(F)(F)CN1C(=O)C1CCC(F)(F)CC1. The van der Waals surface area contributed by atoms with Crippen LogP contribution < -0.4 is 10.6 Å². The van der Waals surface area contributed by atoms with Gasteiger partial charge in [0.15, 0.2) is 0 Å². The number of halogens is 4. The lowest BCUT2D eigenvalue weighted by Gasteiger charge is -2.32. The number of Topliss-reactive ketones (excluding diaryl/α,β-unsaturated/α-hetero) is 1. The molecule has 4 rings (SSSR count). The number of carbonyl (C=O) groups is 4. The summed E-state index contributed by atoms with van der Waals surface area (Å²) < 4.78 is 56.1. The van der Waals surface area contributed by atoms with Crippen LogP contribution in [0.15, 0.2) is 54.7 Å². The molecule has 2 fully saturated rings. The normalized spacial score (nSPS) is 20.9. The van der Waals surface area contributed by atoms with Crippen molar-refractivity contribution >= 4 is 23.5 Å². The van der Waals surface area contributed by atoms with Gasteiger partial charge in [-0.2, -0.15) is 0 Å². The third-order valence-corrected chi connectivity index (χ3v) is 7.22. The topological polar surface area (TPSA) is 108 Å². The summed E-state index contributed by atoms with van der Waals surface area (Å²) in [5.41, 5.74) is 1.10. The van der Waals surface area contributed by atoms with Gasteiger partial charge >= 0.3 is 0 Å². The number of pyridine rings is 1. The molecule has 2 aromatic rings. The molecule has 0 unspecified atom stereocenters. The summed E-state index contributed by atoms with van der Waals surface area (Å²) >= 11 is 0. The first-order chi connectivity index (χ1) is 18.9. The number of hydrogen-bond donors (Lipinski definition) is 2. The van der Waals surface area contributed by atoms with Gasteiger partial charge in [-0.1, -0.05) is 36.4 Å². The second kappa shape index (κ2) is 12.1. The van der Waals surface area contributed by atoms with E-state index >= 15 is 0 Å². The average Bonchev–Trinajstić information content (AvgIpc) is 3.27. The molecule has 2 N–H and O–H groups in total. The molecule has 0 bridgehead atoms. The molecule has 1 saturated carbocycles. The average molecular weight is 563 g/mol. The predicted octanol–water partition coefficient (Wildman–Crippen LogP) is 3.06. The van der Waals surface area contributed by atoms with Crippen LogP contribution in [0.2, 0.25) is 0 Å². The van der Waals surface area contributed by atoms with Crippen molar-refractivity contribution in [1.29, 1.82) is 0 Å². The molecule has 1 aromatic heterocycles. The molecule has 2 atom stereocenters. The Labute approximate surface area is 228 Å². The van der Waals surface area contributed by atoms with Gasteiger partial charge in [-0.25, -0.2) is 17.6 Å². The van der Waals surface area contributed by atoms with Crippen molar-refractivity contribution in [3.05, 3.63) is 66.0 Å². The Morgan fingerprint density at radius 2 is 1.62 bits per heavy atom. The van der Waals surface area contributed by atoms with Gasteiger partial charge in [-0.3, -0.25) is 24.2 Å². The molecule has 1 aliphatic carbocycles. The van der Waals surface area contributed by atoms with E-state index in [1.165, 1.54) is 6.20 Å². The molecule has 214 valence electrons. The number of likely N-dealkylation sites (tertiary alicyclic amines) is 1. The molecule has 40 heavy (non-hydrogen) atoms. The van der Waals surface area contributed by atoms with Crippen LogP contribution >= 0.6 is 0 Å². The van der Waals surface area contributed by atoms with Crippen molar-refractivity contribution < 1.29 is 36.7 Å². The van der Waals surface area contributed by atoms with Gasteiger partial charge in [0.25, 0.3) is 11.8 Å². The first-order valence-electron chi connectivity index (χ1n) is 13.1. The van der Waals surface area contributed by atoms with E-state index in [0.717, 1.165) is 4.90 Å². The van der Waals surface area contributed by atoms with Crippen LogP contribution in [0.25, 0.3) is 0 Å². The van der Waals surface area contributed by atoms with Gasteiger partial charge in [0.1, 0.15) is 12.1 Å². The van der Waals surface area contributed by atoms with Gasteiger partial charge in [0, 0.05) is 37.8 Å². The highest BCUT2D eigenvalue weighted by Gasteiger charge is 2.52. The molecule has 12 heteroatoms. The van der Waals surface area contributed by atoms with Gasteiger partial charge < -0.3 is 15.5 Å². The molecule has 2 aliphatic rings. The van der Waals surface area contributed by atoms with E-state index in [1.807, 2.05) is 0 Å². The maximum Gasteiger partial charge on any atom is 0.289 e. The smallest absolute Gasteiger partial charge is 0.289 e. The molecule has 2 heterocycles. The first-order valence-corrected chi connectivity index (χ1v) is 13.1. The number of amides is 3. The summed E-state index contributed by atoms with van der Waals surface area (Å²) in [6.07, 6.45) is -0.979. The van der Waals surface area contributed by atoms with E-state index < -0.39 is 79.2 Å². The highest BCUT2D eigenvalue weighted by Crippen LogP contribution is 2.39. The third kappa shape index (κ3) is 7.42. The number of alkyl halides is 4. The summed E-state index contributed by atoms with van der Waals surface area (Å²) in [6.45, 7) is -1.08. The summed E-state index contributed by atoms with van der Waals surface area (Å²) in [4.78, 5) is 57.0. The summed E-state index contributed by atoms with van der Waals surface area (Å²) in [6, 6.07) is 10.5. The van der Waals surface area contributed by atoms with E-state index in [1.54, 1.807) is 48.5 Å². The molecule has 3 amide bonds. The second-order valence-corrected chi connectivity index (χ2v) is 10.3. The second-order valence-electron chi connectivity index (χ2n) is 10.3. The molecule has 0 radical (unpaired) electrons. The lowest BCUT2D eigenvalue weighted by Crippen LogP contribution is -2.54. The van der Waals surface area contributed by atoms with Crippen LogP contribution in [-0.4, -0.2) is 63.9 Å². The van der Waals surface area contributed by atoms with Crippen molar-refractivity contribution in [1.82, 2.24) is 20.5 Å². The molecule has 1 aromatic carbocycles. The predicted molar refractivity (Wildman–Crippen MR) is 135 cm³/mol. The number of carbonyl (C=O) groups excluding carboxylic acids is 4. The van der Waals surface area contributed by atoms with Crippen molar-refractivity contribution in [2.45, 2.75) is 69.0 Å². The summed E-state index contributed by atoms with van der Waals surface area (Å²) in [5, 5.41) is 4.86. The van der Waals surface area contributed by atoms with E-state index in [2.05, 4.69) is 15.6 Å². The number of aromatic nitrogens is 1. The third-order valence-electron chi connectivity index (χ3n) is 7.22. The summed E-state index contributed by atoms with van der Waals surface area (Å²) in [7, 11) is 0. The van der Waals surface area contributed by atoms with Crippen LogP contribution in [0.1, 0.15) is 43.4 Å². The standard InChI is InChI=1S/C28H30F4N4O4/c29-27(30)11-9-19(10-12-27)26(40)36-17-28(31,32)15-22(36)24(38)35-21(14-18-6-2-1-3-7-18)23(37)25(39)34-16-20-8-4-5-13-33-20/h1-8,13,19,21-22H,9-12,14-17H2,(H,34,39)(H,35,38)/t21-,22+/m1/s1. The number of nitrogens with zero attached hydrogens (tertiary/aromatic N) is 2. The summed E-state index contributed by atoms with van der Waals surface area (Å²) in [5.74, 6) is -11.0. The van der Waals surface area contributed by atoms with Crippen LogP contribution in [0, 0.1) is 5.92 Å². The number of nitrogens with one attached hydrogen (secondary N) is 2. The Morgan fingerprint density at radius 1 is 0.950 bits per heavy atom. The minimum absolute atomic E-state index is 0.0466. The first kappa shape index (κ1) is 29.2. The maximum atomic E-state index is 14.5. The van der Waals surface area contributed by atoms with Gasteiger partial charge in [0.05, 0.1) is 18.8 Å². The fourth-order valence-corrected chi connectivity index (χ4v) is 5.05. The Morgan fingerprint density at radius 3 is 2.27 bits per heavy atom. The lowest BCUT2D eigenvalue weighted by molar-refractivity contribution is -0.146. The number of benzene rings is 1. The number of rotatable bonds is 9. The Hall–Kier alpha value is -3.83. The van der Waals surface area contributed by atoms with Gasteiger partial charge in [-0.15, -0.1) is 0 Å². The fourth-order valence-electron chi connectivity index (χ4n) is 5.05. The van der Waals surface area contributed by atoms with Crippen molar-refractivity contribution in [3.63, 3.8) is 0 Å². The molecule has 0 spiro atoms. The zero-order valence-corrected chi connectivity index (χ0v) is 21.6. The molecule has 8 nitrogen and oxygen atoms in total. The van der Waals surface area contributed by atoms with Crippen LogP contribution in [-0.2, 0) is 32.1 Å². The fraction of sp³-hybridized carbons (Fsp3) is 0.464. The molecular weight excluding hydrogens is 532 g/mol. The quantitative estimate of drug-likeness (QED) is 0.361. The Kier molecular flexibility index (Phi) is 8.85. The monoisotopic (exact) mass is 562 g/mol. The van der Waals surface area contributed by atoms with Gasteiger partial charge in [0.2, 0.25) is 23.5 Å². The van der Waals surface area contributed by atoms with E-state index in [9.17, 15) is 36.7 Å². The number of hydrogen-bond acceptors (Lipinski definition) is 5. The maximum absolute atomic E-state index is 14.5. The highest BCUT2D eigenvalue weighted by molar-refractivity contribution is 6.38. The van der Waals surface area contributed by atoms with E-state index in [-0.39, 0.29) is 25.8 Å². The highest BCUT2D eigenvalue weighted by atomic mass is 19.3. The number of ketones is 1. The molecular formula is C28H30F4N4O4. The minimum atomic E-state index is -3.38. The van der Waals surface area contributed by atoms with Gasteiger partial charge in [-0.05, 0) is 30.5 Å². The van der Waals surface area contributed by atoms with Crippen molar-refractivity contribution in [2.75, 3.05) is 6.54 Å². The zero-order valence-electron chi connectivity index (χ0n) is 21.6. The van der Waals surface area contributed by atoms with Crippen molar-refractivity contribution in [3.8, 4) is 0 Å². The van der Waals surface area contributed by atoms with Crippen LogP contribution in [0.4, 0.5) is 17.6 Å². The minimum Gasteiger partial charge on any atom is -0.344 e. The Balaban J connectivity index is 1.48. The molecule has 1 aliphatic heterocycles. The largest absolute Gasteiger partial charge is 0.344 e. The zero-order chi connectivity index (χ0) is 28.9. The lowest BCUT2D eigenvalue weighted by atomic mass is 9.85. The Bertz CT molecular complexity index is 1220. The van der Waals surface area contributed by atoms with E-state index in [4.69, 9.17) is 0 Å². The van der Waals surface area contributed by atoms with Crippen molar-refractivity contribution in [2.24, 2.45) is 5.92 Å². The van der Waals surface area contributed by atoms with Crippen LogP contribution in [0.3, 0.4) is 0 Å². The molecule has 1 saturated heterocycles. The van der Waals surface area contributed by atoms with Crippen LogP contribution in [0.5, 0.6) is 0 Å².